The first-order valence-corrected chi connectivity index (χ1v) is 9.54. The standard InChI is InChI=1S/C21H27NO3/c1-12-4-3-5-13(2)20(12)22-18(23)11-25-21(24)19-16-7-14-6-15(9-16)10-17(19)8-14/h3-5,14-17,19H,6-11H2,1-2H3,(H,22,23). The largest absolute Gasteiger partial charge is 0.455 e. The zero-order valence-corrected chi connectivity index (χ0v) is 15.1. The van der Waals surface area contributed by atoms with Crippen LogP contribution in [0.3, 0.4) is 0 Å². The lowest BCUT2D eigenvalue weighted by Crippen LogP contribution is -2.48. The number of anilines is 1. The van der Waals surface area contributed by atoms with Gasteiger partial charge >= 0.3 is 5.97 Å². The van der Waals surface area contributed by atoms with Gasteiger partial charge in [0.15, 0.2) is 6.61 Å². The first kappa shape index (κ1) is 16.6. The zero-order valence-electron chi connectivity index (χ0n) is 15.1. The quantitative estimate of drug-likeness (QED) is 0.846. The van der Waals surface area contributed by atoms with Crippen LogP contribution in [0, 0.1) is 43.4 Å². The van der Waals surface area contributed by atoms with Gasteiger partial charge in [0.2, 0.25) is 0 Å². The molecule has 0 aliphatic heterocycles. The molecule has 0 saturated heterocycles. The number of ether oxygens (including phenoxy) is 1. The molecule has 4 nitrogen and oxygen atoms in total. The highest BCUT2D eigenvalue weighted by Crippen LogP contribution is 2.56. The summed E-state index contributed by atoms with van der Waals surface area (Å²) in [5.74, 6) is 2.27. The van der Waals surface area contributed by atoms with E-state index in [0.29, 0.717) is 11.8 Å². The Balaban J connectivity index is 1.34. The summed E-state index contributed by atoms with van der Waals surface area (Å²) in [5, 5.41) is 2.89. The van der Waals surface area contributed by atoms with E-state index in [1.54, 1.807) is 0 Å². The highest BCUT2D eigenvalue weighted by molar-refractivity contribution is 5.94. The molecule has 0 spiro atoms. The predicted octanol–water partition coefficient (Wildman–Crippen LogP) is 3.86. The van der Waals surface area contributed by atoms with Crippen LogP contribution in [-0.4, -0.2) is 18.5 Å². The third kappa shape index (κ3) is 3.19. The zero-order chi connectivity index (χ0) is 17.6. The van der Waals surface area contributed by atoms with Gasteiger partial charge in [-0.1, -0.05) is 18.2 Å². The van der Waals surface area contributed by atoms with Gasteiger partial charge in [0.05, 0.1) is 5.92 Å². The van der Waals surface area contributed by atoms with E-state index in [2.05, 4.69) is 5.32 Å². The number of para-hydroxylation sites is 1. The fourth-order valence-electron chi connectivity index (χ4n) is 5.73. The summed E-state index contributed by atoms with van der Waals surface area (Å²) in [5.41, 5.74) is 2.85. The van der Waals surface area contributed by atoms with Gasteiger partial charge in [-0.3, -0.25) is 9.59 Å². The van der Waals surface area contributed by atoms with Crippen LogP contribution in [-0.2, 0) is 14.3 Å². The number of hydrogen-bond acceptors (Lipinski definition) is 3. The van der Waals surface area contributed by atoms with Crippen LogP contribution < -0.4 is 5.32 Å². The smallest absolute Gasteiger partial charge is 0.310 e. The van der Waals surface area contributed by atoms with Crippen LogP contribution in [0.15, 0.2) is 18.2 Å². The fourth-order valence-corrected chi connectivity index (χ4v) is 5.73. The maximum Gasteiger partial charge on any atom is 0.310 e. The molecule has 1 amide bonds. The molecule has 0 aromatic heterocycles. The summed E-state index contributed by atoms with van der Waals surface area (Å²) in [7, 11) is 0. The lowest BCUT2D eigenvalue weighted by molar-refractivity contribution is -0.164. The maximum absolute atomic E-state index is 12.6. The van der Waals surface area contributed by atoms with Crippen molar-refractivity contribution in [3.8, 4) is 0 Å². The molecule has 4 saturated carbocycles. The van der Waals surface area contributed by atoms with Crippen molar-refractivity contribution in [2.75, 3.05) is 11.9 Å². The second-order valence-corrected chi connectivity index (χ2v) is 8.38. The highest BCUT2D eigenvalue weighted by atomic mass is 16.5. The van der Waals surface area contributed by atoms with E-state index in [1.165, 1.54) is 32.1 Å². The highest BCUT2D eigenvalue weighted by Gasteiger charge is 2.51. The molecule has 0 radical (unpaired) electrons. The number of rotatable bonds is 4. The molecule has 4 heteroatoms. The molecule has 4 bridgehead atoms. The van der Waals surface area contributed by atoms with Crippen molar-refractivity contribution in [1.82, 2.24) is 0 Å². The minimum Gasteiger partial charge on any atom is -0.455 e. The molecular formula is C21H27NO3. The summed E-state index contributed by atoms with van der Waals surface area (Å²) in [6.07, 6.45) is 6.10. The maximum atomic E-state index is 12.6. The Kier molecular flexibility index (Phi) is 4.30. The van der Waals surface area contributed by atoms with E-state index in [1.807, 2.05) is 32.0 Å². The summed E-state index contributed by atoms with van der Waals surface area (Å²) in [4.78, 5) is 24.8. The first-order chi connectivity index (χ1) is 12.0. The van der Waals surface area contributed by atoms with Gasteiger partial charge in [-0.2, -0.15) is 0 Å². The van der Waals surface area contributed by atoms with Gasteiger partial charge in [-0.25, -0.2) is 0 Å². The van der Waals surface area contributed by atoms with Crippen molar-refractivity contribution in [2.45, 2.75) is 46.0 Å². The van der Waals surface area contributed by atoms with Crippen LogP contribution >= 0.6 is 0 Å². The van der Waals surface area contributed by atoms with Crippen molar-refractivity contribution in [2.24, 2.45) is 29.6 Å². The Morgan fingerprint density at radius 2 is 1.56 bits per heavy atom. The summed E-state index contributed by atoms with van der Waals surface area (Å²) < 4.78 is 5.43. The molecule has 0 atom stereocenters. The van der Waals surface area contributed by atoms with Crippen molar-refractivity contribution in [3.63, 3.8) is 0 Å². The van der Waals surface area contributed by atoms with Crippen molar-refractivity contribution >= 4 is 17.6 Å². The number of carbonyl (C=O) groups excluding carboxylic acids is 2. The monoisotopic (exact) mass is 341 g/mol. The topological polar surface area (TPSA) is 55.4 Å². The molecule has 0 heterocycles. The predicted molar refractivity (Wildman–Crippen MR) is 96.0 cm³/mol. The number of aryl methyl sites for hydroxylation is 2. The Bertz CT molecular complexity index is 648. The Morgan fingerprint density at radius 1 is 1.00 bits per heavy atom. The number of carbonyl (C=O) groups is 2. The van der Waals surface area contributed by atoms with E-state index in [-0.39, 0.29) is 24.4 Å². The van der Waals surface area contributed by atoms with Crippen LogP contribution in [0.5, 0.6) is 0 Å². The van der Waals surface area contributed by atoms with Crippen molar-refractivity contribution in [3.05, 3.63) is 29.3 Å². The molecule has 1 aromatic carbocycles. The third-order valence-corrected chi connectivity index (χ3v) is 6.59. The van der Waals surface area contributed by atoms with Gasteiger partial charge in [0.1, 0.15) is 0 Å². The Hall–Kier alpha value is -1.84. The Morgan fingerprint density at radius 3 is 2.12 bits per heavy atom. The lowest BCUT2D eigenvalue weighted by atomic mass is 9.52. The van der Waals surface area contributed by atoms with Crippen LogP contribution in [0.4, 0.5) is 5.69 Å². The molecular weight excluding hydrogens is 314 g/mol. The molecule has 1 N–H and O–H groups in total. The van der Waals surface area contributed by atoms with Gasteiger partial charge in [0.25, 0.3) is 5.91 Å². The van der Waals surface area contributed by atoms with Gasteiger partial charge < -0.3 is 10.1 Å². The van der Waals surface area contributed by atoms with E-state index < -0.39 is 0 Å². The summed E-state index contributed by atoms with van der Waals surface area (Å²) >= 11 is 0. The van der Waals surface area contributed by atoms with Gasteiger partial charge in [0, 0.05) is 5.69 Å². The molecule has 134 valence electrons. The average Bonchev–Trinajstić information content (AvgIpc) is 2.55. The number of benzene rings is 1. The third-order valence-electron chi connectivity index (χ3n) is 6.59. The van der Waals surface area contributed by atoms with Crippen molar-refractivity contribution in [1.29, 1.82) is 0 Å². The molecule has 1 aromatic rings. The minimum atomic E-state index is -0.255. The molecule has 5 rings (SSSR count). The average molecular weight is 341 g/mol. The normalized spacial score (nSPS) is 32.5. The first-order valence-electron chi connectivity index (χ1n) is 9.54. The Labute approximate surface area is 149 Å². The van der Waals surface area contributed by atoms with Crippen LogP contribution in [0.1, 0.15) is 43.2 Å². The number of amides is 1. The summed E-state index contributed by atoms with van der Waals surface area (Å²) in [6.45, 7) is 3.74. The van der Waals surface area contributed by atoms with E-state index in [4.69, 9.17) is 4.74 Å². The SMILES string of the molecule is Cc1cccc(C)c1NC(=O)COC(=O)C1C2CC3CC(C2)CC1C3. The van der Waals surface area contributed by atoms with Crippen molar-refractivity contribution < 1.29 is 14.3 Å². The van der Waals surface area contributed by atoms with Gasteiger partial charge in [-0.05, 0) is 80.8 Å². The van der Waals surface area contributed by atoms with E-state index in [9.17, 15) is 9.59 Å². The number of esters is 1. The molecule has 0 unspecified atom stereocenters. The lowest BCUT2D eigenvalue weighted by Gasteiger charge is -2.53. The molecule has 4 aliphatic carbocycles. The van der Waals surface area contributed by atoms with Gasteiger partial charge in [-0.15, -0.1) is 0 Å². The molecule has 4 fully saturated rings. The molecule has 4 aliphatic rings. The number of nitrogens with one attached hydrogen (secondary N) is 1. The minimum absolute atomic E-state index is 0.0285. The fraction of sp³-hybridized carbons (Fsp3) is 0.619. The summed E-state index contributed by atoms with van der Waals surface area (Å²) in [6, 6.07) is 5.89. The second kappa shape index (κ2) is 6.47. The van der Waals surface area contributed by atoms with Crippen LogP contribution in [0.25, 0.3) is 0 Å². The second-order valence-electron chi connectivity index (χ2n) is 8.38. The van der Waals surface area contributed by atoms with E-state index >= 15 is 0 Å². The van der Waals surface area contributed by atoms with Crippen LogP contribution in [0.2, 0.25) is 0 Å². The van der Waals surface area contributed by atoms with E-state index in [0.717, 1.165) is 28.7 Å². The molecule has 25 heavy (non-hydrogen) atoms. The number of hydrogen-bond donors (Lipinski definition) is 1.